The van der Waals surface area contributed by atoms with Crippen LogP contribution in [-0.4, -0.2) is 10.1 Å². The summed E-state index contributed by atoms with van der Waals surface area (Å²) in [6.45, 7) is 12.7. The summed E-state index contributed by atoms with van der Waals surface area (Å²) in [5, 5.41) is 13.0. The molecule has 0 saturated carbocycles. The average Bonchev–Trinajstić information content (AvgIpc) is 2.79. The van der Waals surface area contributed by atoms with E-state index in [0.29, 0.717) is 5.56 Å². The number of ether oxygens (including phenoxy) is 1. The normalized spacial score (nSPS) is 11.7. The molecule has 0 aliphatic rings. The zero-order valence-electron chi connectivity index (χ0n) is 19.4. The molecule has 186 valence electrons. The highest BCUT2D eigenvalue weighted by Gasteiger charge is 2.35. The Kier molecular flexibility index (Phi) is 8.99. The summed E-state index contributed by atoms with van der Waals surface area (Å²) in [6, 6.07) is 7.08. The molecule has 3 aromatic rings. The van der Waals surface area contributed by atoms with Crippen molar-refractivity contribution in [1.82, 2.24) is 4.98 Å². The van der Waals surface area contributed by atoms with Crippen LogP contribution in [0.5, 0.6) is 11.6 Å². The molecule has 35 heavy (non-hydrogen) atoms. The summed E-state index contributed by atoms with van der Waals surface area (Å²) in [5.74, 6) is -2.64. The Balaban J connectivity index is 0.00000210. The number of pyridine rings is 1. The van der Waals surface area contributed by atoms with Crippen LogP contribution >= 0.6 is 0 Å². The number of hydrogen-bond acceptors (Lipinski definition) is 4. The van der Waals surface area contributed by atoms with Gasteiger partial charge in [0.2, 0.25) is 5.88 Å². The highest BCUT2D eigenvalue weighted by atomic mass is 19.4. The Labute approximate surface area is 200 Å². The molecule has 1 atom stereocenters. The summed E-state index contributed by atoms with van der Waals surface area (Å²) in [5.41, 5.74) is -0.233. The fourth-order valence-electron chi connectivity index (χ4n) is 3.27. The third-order valence-corrected chi connectivity index (χ3v) is 4.75. The Morgan fingerprint density at radius 2 is 1.83 bits per heavy atom. The first-order valence-electron chi connectivity index (χ1n) is 10.6. The van der Waals surface area contributed by atoms with E-state index < -0.39 is 41.1 Å². The Bertz CT molecular complexity index is 1190. The minimum absolute atomic E-state index is 0.0470. The topological polar surface area (TPSA) is 54.4 Å². The van der Waals surface area contributed by atoms with E-state index in [2.05, 4.69) is 23.5 Å². The first-order chi connectivity index (χ1) is 16.5. The molecular weight excluding hydrogens is 467 g/mol. The fourth-order valence-corrected chi connectivity index (χ4v) is 3.27. The molecule has 0 aliphatic heterocycles. The van der Waals surface area contributed by atoms with Crippen LogP contribution in [0.1, 0.15) is 42.1 Å². The lowest BCUT2D eigenvalue weighted by atomic mass is 9.99. The predicted octanol–water partition coefficient (Wildman–Crippen LogP) is 8.37. The van der Waals surface area contributed by atoms with Gasteiger partial charge < -0.3 is 15.2 Å². The van der Waals surface area contributed by atoms with Crippen LogP contribution < -0.4 is 10.1 Å². The summed E-state index contributed by atoms with van der Waals surface area (Å²) in [7, 11) is 0. The smallest absolute Gasteiger partial charge is 0.421 e. The van der Waals surface area contributed by atoms with E-state index >= 15 is 0 Å². The number of aromatic nitrogens is 1. The quantitative estimate of drug-likeness (QED) is 0.198. The molecule has 1 unspecified atom stereocenters. The van der Waals surface area contributed by atoms with Gasteiger partial charge in [0.05, 0.1) is 6.04 Å². The predicted molar refractivity (Wildman–Crippen MR) is 126 cm³/mol. The summed E-state index contributed by atoms with van der Waals surface area (Å²) in [4.78, 5) is 3.64. The molecule has 9 heteroatoms. The number of aryl methyl sites for hydroxylation is 1. The zero-order valence-corrected chi connectivity index (χ0v) is 19.4. The number of anilines is 1. The van der Waals surface area contributed by atoms with Crippen molar-refractivity contribution < 1.29 is 31.8 Å². The molecule has 2 N–H and O–H groups in total. The number of rotatable bonds is 7. The SMILES string of the molecule is C=CC(Nc1ccc(Oc2ncccc2C(F)(F)F)cc1C(=C)O)c1c(C)cc(F)cc1F.CC. The van der Waals surface area contributed by atoms with E-state index in [-0.39, 0.29) is 22.6 Å². The van der Waals surface area contributed by atoms with E-state index in [0.717, 1.165) is 24.4 Å². The monoisotopic (exact) mass is 492 g/mol. The lowest BCUT2D eigenvalue weighted by molar-refractivity contribution is -0.138. The van der Waals surface area contributed by atoms with Crippen molar-refractivity contribution in [2.45, 2.75) is 33.0 Å². The van der Waals surface area contributed by atoms with Gasteiger partial charge in [-0.1, -0.05) is 26.5 Å². The molecular formula is C26H25F5N2O2. The number of alkyl halides is 3. The minimum Gasteiger partial charge on any atom is -0.508 e. The first-order valence-corrected chi connectivity index (χ1v) is 10.6. The molecule has 0 saturated heterocycles. The fraction of sp³-hybridized carbons (Fsp3) is 0.192. The van der Waals surface area contributed by atoms with Crippen molar-refractivity contribution in [3.8, 4) is 11.6 Å². The van der Waals surface area contributed by atoms with Gasteiger partial charge in [0.15, 0.2) is 0 Å². The van der Waals surface area contributed by atoms with Crippen LogP contribution in [0.25, 0.3) is 5.76 Å². The average molecular weight is 492 g/mol. The molecule has 0 spiro atoms. The van der Waals surface area contributed by atoms with Crippen molar-refractivity contribution in [3.63, 3.8) is 0 Å². The highest BCUT2D eigenvalue weighted by molar-refractivity contribution is 5.73. The Morgan fingerprint density at radius 3 is 2.40 bits per heavy atom. The second kappa shape index (κ2) is 11.5. The van der Waals surface area contributed by atoms with Gasteiger partial charge in [-0.25, -0.2) is 13.8 Å². The standard InChI is InChI=1S/C24H19F5N2O2.C2H6/c1-4-20(22-13(2)10-15(25)11-19(22)26)31-21-8-7-16(12-17(21)14(3)32)33-23-18(24(27,28)29)6-5-9-30-23;1-2/h4-12,20,31-32H,1,3H2,2H3;1-2H3. The maximum atomic E-state index is 14.4. The van der Waals surface area contributed by atoms with E-state index in [9.17, 15) is 27.1 Å². The highest BCUT2D eigenvalue weighted by Crippen LogP contribution is 2.38. The molecule has 1 aromatic heterocycles. The molecule has 0 radical (unpaired) electrons. The van der Waals surface area contributed by atoms with Crippen LogP contribution in [-0.2, 0) is 6.18 Å². The van der Waals surface area contributed by atoms with Gasteiger partial charge in [-0.05, 0) is 48.9 Å². The number of aliphatic hydroxyl groups is 1. The van der Waals surface area contributed by atoms with Crippen molar-refractivity contribution in [1.29, 1.82) is 0 Å². The van der Waals surface area contributed by atoms with Gasteiger partial charge in [-0.2, -0.15) is 13.2 Å². The number of hydrogen-bond donors (Lipinski definition) is 2. The molecule has 0 bridgehead atoms. The van der Waals surface area contributed by atoms with E-state index in [1.54, 1.807) is 0 Å². The summed E-state index contributed by atoms with van der Waals surface area (Å²) >= 11 is 0. The molecule has 0 amide bonds. The van der Waals surface area contributed by atoms with Crippen LogP contribution in [0.4, 0.5) is 27.6 Å². The largest absolute Gasteiger partial charge is 0.508 e. The third kappa shape index (κ3) is 6.59. The van der Waals surface area contributed by atoms with Gasteiger partial charge in [0.1, 0.15) is 28.7 Å². The number of nitrogens with one attached hydrogen (secondary N) is 1. The van der Waals surface area contributed by atoms with Gasteiger partial charge in [-0.3, -0.25) is 0 Å². The lowest BCUT2D eigenvalue weighted by Crippen LogP contribution is -2.13. The van der Waals surface area contributed by atoms with Crippen molar-refractivity contribution in [2.75, 3.05) is 5.32 Å². The van der Waals surface area contributed by atoms with Crippen LogP contribution in [0.15, 0.2) is 67.9 Å². The number of aliphatic hydroxyl groups excluding tert-OH is 1. The maximum Gasteiger partial charge on any atom is 0.421 e. The van der Waals surface area contributed by atoms with E-state index in [1.807, 2.05) is 13.8 Å². The lowest BCUT2D eigenvalue weighted by Gasteiger charge is -2.22. The van der Waals surface area contributed by atoms with Gasteiger partial charge >= 0.3 is 6.18 Å². The Morgan fingerprint density at radius 1 is 1.14 bits per heavy atom. The van der Waals surface area contributed by atoms with Crippen molar-refractivity contribution in [2.24, 2.45) is 0 Å². The number of halogens is 5. The maximum absolute atomic E-state index is 14.4. The minimum atomic E-state index is -4.68. The van der Waals surface area contributed by atoms with Crippen LogP contribution in [0.3, 0.4) is 0 Å². The van der Waals surface area contributed by atoms with Gasteiger partial charge in [0.25, 0.3) is 0 Å². The molecule has 4 nitrogen and oxygen atoms in total. The summed E-state index contributed by atoms with van der Waals surface area (Å²) in [6.07, 6.45) is -2.13. The molecule has 2 aromatic carbocycles. The number of benzene rings is 2. The van der Waals surface area contributed by atoms with Crippen LogP contribution in [0.2, 0.25) is 0 Å². The first kappa shape index (κ1) is 27.4. The second-order valence-electron chi connectivity index (χ2n) is 7.09. The third-order valence-electron chi connectivity index (χ3n) is 4.75. The zero-order chi connectivity index (χ0) is 26.3. The Hall–Kier alpha value is -3.88. The molecule has 0 fully saturated rings. The van der Waals surface area contributed by atoms with E-state index in [4.69, 9.17) is 4.74 Å². The van der Waals surface area contributed by atoms with Crippen molar-refractivity contribution in [3.05, 3.63) is 102 Å². The molecule has 1 heterocycles. The van der Waals surface area contributed by atoms with Gasteiger partial charge in [0, 0.05) is 29.1 Å². The molecule has 3 rings (SSSR count). The number of nitrogens with zero attached hydrogens (tertiary/aromatic N) is 1. The second-order valence-corrected chi connectivity index (χ2v) is 7.09. The molecule has 0 aliphatic carbocycles. The van der Waals surface area contributed by atoms with Crippen LogP contribution in [0, 0.1) is 18.6 Å². The van der Waals surface area contributed by atoms with Gasteiger partial charge in [-0.15, -0.1) is 6.58 Å². The van der Waals surface area contributed by atoms with Crippen molar-refractivity contribution >= 4 is 11.4 Å². The summed E-state index contributed by atoms with van der Waals surface area (Å²) < 4.78 is 72.9. The van der Waals surface area contributed by atoms with E-state index in [1.165, 1.54) is 37.3 Å².